The molecule has 1 fully saturated rings. The highest BCUT2D eigenvalue weighted by molar-refractivity contribution is 7.89. The van der Waals surface area contributed by atoms with Gasteiger partial charge in [-0.1, -0.05) is 17.7 Å². The number of piperidine rings is 1. The third-order valence-electron chi connectivity index (χ3n) is 5.58. The van der Waals surface area contributed by atoms with Crippen LogP contribution in [-0.4, -0.2) is 37.6 Å². The van der Waals surface area contributed by atoms with E-state index in [-0.39, 0.29) is 17.7 Å². The van der Waals surface area contributed by atoms with Gasteiger partial charge in [0, 0.05) is 37.3 Å². The summed E-state index contributed by atoms with van der Waals surface area (Å²) < 4.78 is 27.5. The van der Waals surface area contributed by atoms with Gasteiger partial charge >= 0.3 is 0 Å². The average Bonchev–Trinajstić information content (AvgIpc) is 2.69. The third-order valence-corrected chi connectivity index (χ3v) is 7.64. The highest BCUT2D eigenvalue weighted by atomic mass is 32.2. The van der Waals surface area contributed by atoms with Crippen molar-refractivity contribution in [2.75, 3.05) is 23.7 Å². The highest BCUT2D eigenvalue weighted by Crippen LogP contribution is 2.27. The summed E-state index contributed by atoms with van der Waals surface area (Å²) in [6.07, 6.45) is 0.942. The lowest BCUT2D eigenvalue weighted by atomic mass is 9.97. The van der Waals surface area contributed by atoms with Crippen molar-refractivity contribution in [1.29, 1.82) is 0 Å². The highest BCUT2D eigenvalue weighted by Gasteiger charge is 2.32. The normalized spacial score (nSPS) is 15.5. The van der Waals surface area contributed by atoms with E-state index in [1.54, 1.807) is 31.2 Å². The monoisotopic (exact) mass is 443 g/mol. The number of anilines is 2. The number of benzene rings is 2. The van der Waals surface area contributed by atoms with Crippen molar-refractivity contribution in [3.63, 3.8) is 0 Å². The van der Waals surface area contributed by atoms with Gasteiger partial charge in [-0.05, 0) is 69.0 Å². The van der Waals surface area contributed by atoms with Crippen LogP contribution in [-0.2, 0) is 19.6 Å². The van der Waals surface area contributed by atoms with Crippen LogP contribution in [0.4, 0.5) is 11.4 Å². The van der Waals surface area contributed by atoms with Crippen molar-refractivity contribution in [2.24, 2.45) is 5.92 Å². The Morgan fingerprint density at radius 1 is 0.935 bits per heavy atom. The van der Waals surface area contributed by atoms with Gasteiger partial charge in [-0.15, -0.1) is 0 Å². The number of rotatable bonds is 5. The Balaban J connectivity index is 1.62. The van der Waals surface area contributed by atoms with Crippen LogP contribution in [0, 0.1) is 26.7 Å². The quantitative estimate of drug-likeness (QED) is 0.738. The molecule has 0 unspecified atom stereocenters. The van der Waals surface area contributed by atoms with E-state index in [0.29, 0.717) is 42.2 Å². The predicted octanol–water partition coefficient (Wildman–Crippen LogP) is 3.61. The molecule has 2 aromatic rings. The van der Waals surface area contributed by atoms with Crippen LogP contribution < -0.4 is 10.6 Å². The van der Waals surface area contributed by atoms with E-state index in [0.717, 1.165) is 16.7 Å². The van der Waals surface area contributed by atoms with Crippen LogP contribution in [0.15, 0.2) is 41.3 Å². The molecular weight excluding hydrogens is 414 g/mol. The molecule has 2 N–H and O–H groups in total. The number of amides is 2. The number of sulfonamides is 1. The largest absolute Gasteiger partial charge is 0.326 e. The minimum absolute atomic E-state index is 0.116. The second kappa shape index (κ2) is 9.20. The summed E-state index contributed by atoms with van der Waals surface area (Å²) in [6.45, 7) is 7.67. The summed E-state index contributed by atoms with van der Waals surface area (Å²) in [6, 6.07) is 10.6. The van der Waals surface area contributed by atoms with Crippen molar-refractivity contribution in [3.05, 3.63) is 53.1 Å². The van der Waals surface area contributed by atoms with Crippen molar-refractivity contribution in [3.8, 4) is 0 Å². The molecule has 166 valence electrons. The molecule has 0 aliphatic carbocycles. The van der Waals surface area contributed by atoms with E-state index in [9.17, 15) is 18.0 Å². The molecule has 1 aliphatic heterocycles. The number of carbonyl (C=O) groups excluding carboxylic acids is 2. The lowest BCUT2D eigenvalue weighted by molar-refractivity contribution is -0.121. The lowest BCUT2D eigenvalue weighted by Crippen LogP contribution is -2.41. The van der Waals surface area contributed by atoms with E-state index in [2.05, 4.69) is 10.6 Å². The fourth-order valence-electron chi connectivity index (χ4n) is 3.90. The molecule has 7 nitrogen and oxygen atoms in total. The summed E-state index contributed by atoms with van der Waals surface area (Å²) in [5.41, 5.74) is 3.96. The molecule has 2 amide bonds. The molecule has 0 saturated carbocycles. The van der Waals surface area contributed by atoms with E-state index in [1.807, 2.05) is 26.0 Å². The molecule has 0 aromatic heterocycles. The second-order valence-corrected chi connectivity index (χ2v) is 10.1. The van der Waals surface area contributed by atoms with Gasteiger partial charge in [-0.25, -0.2) is 8.42 Å². The van der Waals surface area contributed by atoms with Gasteiger partial charge in [0.15, 0.2) is 0 Å². The molecule has 1 aliphatic rings. The van der Waals surface area contributed by atoms with Crippen LogP contribution in [0.3, 0.4) is 0 Å². The van der Waals surface area contributed by atoms with E-state index in [1.165, 1.54) is 11.2 Å². The first kappa shape index (κ1) is 23.0. The van der Waals surface area contributed by atoms with E-state index in [4.69, 9.17) is 0 Å². The van der Waals surface area contributed by atoms with Crippen LogP contribution >= 0.6 is 0 Å². The SMILES string of the molecule is CC(=O)Nc1ccc(NC(=O)C2CCN(S(=O)(=O)c3ccc(C)cc3C)CC2)cc1C. The van der Waals surface area contributed by atoms with Crippen molar-refractivity contribution >= 4 is 33.2 Å². The fraction of sp³-hybridized carbons (Fsp3) is 0.391. The third kappa shape index (κ3) is 5.32. The Morgan fingerprint density at radius 2 is 1.61 bits per heavy atom. The Labute approximate surface area is 183 Å². The molecular formula is C23H29N3O4S. The topological polar surface area (TPSA) is 95.6 Å². The Kier molecular flexibility index (Phi) is 6.81. The number of nitrogens with one attached hydrogen (secondary N) is 2. The zero-order valence-electron chi connectivity index (χ0n) is 18.4. The molecule has 2 aromatic carbocycles. The predicted molar refractivity (Wildman–Crippen MR) is 122 cm³/mol. The Hall–Kier alpha value is -2.71. The first-order valence-electron chi connectivity index (χ1n) is 10.3. The van der Waals surface area contributed by atoms with Gasteiger partial charge in [-0.2, -0.15) is 4.31 Å². The first-order valence-corrected chi connectivity index (χ1v) is 11.8. The summed E-state index contributed by atoms with van der Waals surface area (Å²) in [7, 11) is -3.57. The van der Waals surface area contributed by atoms with Crippen LogP contribution in [0.1, 0.15) is 36.5 Å². The number of carbonyl (C=O) groups is 2. The van der Waals surface area contributed by atoms with Gasteiger partial charge in [0.1, 0.15) is 0 Å². The van der Waals surface area contributed by atoms with Crippen molar-refractivity contribution in [1.82, 2.24) is 4.31 Å². The molecule has 0 atom stereocenters. The minimum Gasteiger partial charge on any atom is -0.326 e. The van der Waals surface area contributed by atoms with Gasteiger partial charge in [-0.3, -0.25) is 9.59 Å². The van der Waals surface area contributed by atoms with Gasteiger partial charge in [0.25, 0.3) is 0 Å². The standard InChI is InChI=1S/C23H29N3O4S/c1-15-5-8-22(17(3)13-15)31(29,30)26-11-9-19(10-12-26)23(28)25-20-6-7-21(16(2)14-20)24-18(4)27/h5-8,13-14,19H,9-12H2,1-4H3,(H,24,27)(H,25,28). The first-order chi connectivity index (χ1) is 14.6. The summed E-state index contributed by atoms with van der Waals surface area (Å²) >= 11 is 0. The molecule has 1 heterocycles. The van der Waals surface area contributed by atoms with Crippen molar-refractivity contribution in [2.45, 2.75) is 45.4 Å². The Morgan fingerprint density at radius 3 is 2.19 bits per heavy atom. The summed E-state index contributed by atoms with van der Waals surface area (Å²) in [5.74, 6) is -0.515. The Bertz CT molecular complexity index is 1100. The zero-order valence-corrected chi connectivity index (χ0v) is 19.2. The van der Waals surface area contributed by atoms with E-state index < -0.39 is 10.0 Å². The molecule has 0 radical (unpaired) electrons. The molecule has 1 saturated heterocycles. The second-order valence-electron chi connectivity index (χ2n) is 8.15. The van der Waals surface area contributed by atoms with Crippen LogP contribution in [0.2, 0.25) is 0 Å². The average molecular weight is 444 g/mol. The molecule has 3 rings (SSSR count). The van der Waals surface area contributed by atoms with Gasteiger partial charge < -0.3 is 10.6 Å². The molecule has 0 spiro atoms. The molecule has 31 heavy (non-hydrogen) atoms. The number of hydrogen-bond acceptors (Lipinski definition) is 4. The maximum Gasteiger partial charge on any atom is 0.243 e. The fourth-order valence-corrected chi connectivity index (χ4v) is 5.58. The van der Waals surface area contributed by atoms with Crippen molar-refractivity contribution < 1.29 is 18.0 Å². The molecule has 0 bridgehead atoms. The lowest BCUT2D eigenvalue weighted by Gasteiger charge is -2.31. The van der Waals surface area contributed by atoms with Crippen LogP contribution in [0.25, 0.3) is 0 Å². The van der Waals surface area contributed by atoms with E-state index >= 15 is 0 Å². The smallest absolute Gasteiger partial charge is 0.243 e. The minimum atomic E-state index is -3.57. The molecule has 8 heteroatoms. The van der Waals surface area contributed by atoms with Gasteiger partial charge in [0.05, 0.1) is 4.90 Å². The number of hydrogen-bond donors (Lipinski definition) is 2. The summed E-state index contributed by atoms with van der Waals surface area (Å²) in [5, 5.41) is 5.66. The maximum atomic E-state index is 13.0. The van der Waals surface area contributed by atoms with Gasteiger partial charge in [0.2, 0.25) is 21.8 Å². The number of aryl methyl sites for hydroxylation is 3. The maximum absolute atomic E-state index is 13.0. The van der Waals surface area contributed by atoms with Crippen LogP contribution in [0.5, 0.6) is 0 Å². The summed E-state index contributed by atoms with van der Waals surface area (Å²) in [4.78, 5) is 24.3. The zero-order chi connectivity index (χ0) is 22.8. The number of nitrogens with zero attached hydrogens (tertiary/aromatic N) is 1.